The molecule has 0 fully saturated rings. The Hall–Kier alpha value is -1.42. The van der Waals surface area contributed by atoms with Gasteiger partial charge in [-0.1, -0.05) is 13.2 Å². The Morgan fingerprint density at radius 3 is 1.71 bits per heavy atom. The Morgan fingerprint density at radius 1 is 1.14 bits per heavy atom. The van der Waals surface area contributed by atoms with E-state index >= 15 is 0 Å². The van der Waals surface area contributed by atoms with Gasteiger partial charge < -0.3 is 5.11 Å². The van der Waals surface area contributed by atoms with Crippen molar-refractivity contribution >= 4 is 11.8 Å². The summed E-state index contributed by atoms with van der Waals surface area (Å²) in [7, 11) is 0. The number of carbonyl (C=O) groups excluding carboxylic acids is 2. The molecular formula is C10H15NO3. The van der Waals surface area contributed by atoms with Crippen LogP contribution in [-0.2, 0) is 9.59 Å². The number of carbonyl (C=O) groups is 2. The first-order valence-corrected chi connectivity index (χ1v) is 4.20. The molecule has 0 aromatic rings. The summed E-state index contributed by atoms with van der Waals surface area (Å²) in [6.07, 6.45) is 0. The summed E-state index contributed by atoms with van der Waals surface area (Å²) in [6.45, 7) is 9.62. The van der Waals surface area contributed by atoms with Crippen LogP contribution in [0.4, 0.5) is 0 Å². The minimum absolute atomic E-state index is 0.0304. The van der Waals surface area contributed by atoms with E-state index in [1.165, 1.54) is 13.8 Å². The van der Waals surface area contributed by atoms with Gasteiger partial charge in [-0.05, 0) is 13.8 Å². The molecule has 0 bridgehead atoms. The van der Waals surface area contributed by atoms with Crippen LogP contribution in [0.25, 0.3) is 0 Å². The number of rotatable bonds is 4. The predicted octanol–water partition coefficient (Wildman–Crippen LogP) is 0.486. The number of imide groups is 1. The molecule has 0 saturated carbocycles. The standard InChI is InChI=1S/C10H15NO3/c1-7(2)9(13)11(5-6-12)10(14)8(3)4/h12H,1,3,5-6H2,2,4H3. The number of hydrogen-bond donors (Lipinski definition) is 1. The highest BCUT2D eigenvalue weighted by Crippen LogP contribution is 2.03. The molecule has 78 valence electrons. The topological polar surface area (TPSA) is 57.6 Å². The van der Waals surface area contributed by atoms with Gasteiger partial charge in [0.15, 0.2) is 0 Å². The Morgan fingerprint density at radius 2 is 1.50 bits per heavy atom. The van der Waals surface area contributed by atoms with E-state index in [0.29, 0.717) is 0 Å². The summed E-state index contributed by atoms with van der Waals surface area (Å²) in [6, 6.07) is 0. The van der Waals surface area contributed by atoms with Crippen LogP contribution in [-0.4, -0.2) is 35.0 Å². The van der Waals surface area contributed by atoms with E-state index in [-0.39, 0.29) is 24.3 Å². The quantitative estimate of drug-likeness (QED) is 0.667. The lowest BCUT2D eigenvalue weighted by atomic mass is 10.2. The van der Waals surface area contributed by atoms with E-state index in [2.05, 4.69) is 13.2 Å². The average Bonchev–Trinajstić information content (AvgIpc) is 2.11. The molecule has 2 amide bonds. The van der Waals surface area contributed by atoms with Crippen molar-refractivity contribution in [3.63, 3.8) is 0 Å². The Balaban J connectivity index is 4.76. The van der Waals surface area contributed by atoms with Crippen LogP contribution in [0.2, 0.25) is 0 Å². The number of amides is 2. The highest BCUT2D eigenvalue weighted by Gasteiger charge is 2.21. The Labute approximate surface area is 83.5 Å². The molecule has 4 nitrogen and oxygen atoms in total. The van der Waals surface area contributed by atoms with Crippen molar-refractivity contribution in [2.24, 2.45) is 0 Å². The van der Waals surface area contributed by atoms with Gasteiger partial charge in [0.25, 0.3) is 11.8 Å². The van der Waals surface area contributed by atoms with Crippen molar-refractivity contribution < 1.29 is 14.7 Å². The van der Waals surface area contributed by atoms with E-state index < -0.39 is 11.8 Å². The summed E-state index contributed by atoms with van der Waals surface area (Å²) in [5.74, 6) is -0.959. The maximum absolute atomic E-state index is 11.4. The fourth-order valence-electron chi connectivity index (χ4n) is 0.856. The Kier molecular flexibility index (Phi) is 4.80. The molecule has 1 N–H and O–H groups in total. The molecule has 14 heavy (non-hydrogen) atoms. The Bertz CT molecular complexity index is 255. The zero-order valence-electron chi connectivity index (χ0n) is 8.54. The second-order valence-electron chi connectivity index (χ2n) is 3.05. The van der Waals surface area contributed by atoms with Crippen LogP contribution in [0.5, 0.6) is 0 Å². The van der Waals surface area contributed by atoms with E-state index in [1.807, 2.05) is 0 Å². The largest absolute Gasteiger partial charge is 0.395 e. The smallest absolute Gasteiger partial charge is 0.255 e. The van der Waals surface area contributed by atoms with Gasteiger partial charge in [-0.2, -0.15) is 0 Å². The first-order valence-electron chi connectivity index (χ1n) is 4.20. The highest BCUT2D eigenvalue weighted by molar-refractivity contribution is 6.08. The summed E-state index contributed by atoms with van der Waals surface area (Å²) >= 11 is 0. The SMILES string of the molecule is C=C(C)C(=O)N(CCO)C(=O)C(=C)C. The molecule has 0 aromatic carbocycles. The predicted molar refractivity (Wildman–Crippen MR) is 53.4 cm³/mol. The van der Waals surface area contributed by atoms with Crippen LogP contribution in [0.15, 0.2) is 24.3 Å². The normalized spacial score (nSPS) is 9.36. The van der Waals surface area contributed by atoms with Gasteiger partial charge in [-0.3, -0.25) is 14.5 Å². The monoisotopic (exact) mass is 197 g/mol. The summed E-state index contributed by atoms with van der Waals surface area (Å²) < 4.78 is 0. The van der Waals surface area contributed by atoms with E-state index in [1.54, 1.807) is 0 Å². The molecule has 0 unspecified atom stereocenters. The highest BCUT2D eigenvalue weighted by atomic mass is 16.3. The second kappa shape index (κ2) is 5.34. The molecule has 0 aliphatic heterocycles. The van der Waals surface area contributed by atoms with E-state index in [4.69, 9.17) is 5.11 Å². The van der Waals surface area contributed by atoms with Crippen LogP contribution >= 0.6 is 0 Å². The van der Waals surface area contributed by atoms with Crippen LogP contribution in [0, 0.1) is 0 Å². The first kappa shape index (κ1) is 12.6. The van der Waals surface area contributed by atoms with Gasteiger partial charge in [-0.15, -0.1) is 0 Å². The van der Waals surface area contributed by atoms with Crippen molar-refractivity contribution in [3.8, 4) is 0 Å². The third-order valence-electron chi connectivity index (χ3n) is 1.54. The van der Waals surface area contributed by atoms with Gasteiger partial charge in [0.1, 0.15) is 0 Å². The molecule has 0 aliphatic rings. The number of hydrogen-bond acceptors (Lipinski definition) is 3. The van der Waals surface area contributed by atoms with Crippen molar-refractivity contribution in [1.29, 1.82) is 0 Å². The number of aliphatic hydroxyl groups is 1. The van der Waals surface area contributed by atoms with Crippen LogP contribution in [0.1, 0.15) is 13.8 Å². The van der Waals surface area contributed by atoms with Gasteiger partial charge in [0.2, 0.25) is 0 Å². The molecule has 0 spiro atoms. The third-order valence-corrected chi connectivity index (χ3v) is 1.54. The number of nitrogens with zero attached hydrogens (tertiary/aromatic N) is 1. The van der Waals surface area contributed by atoms with Crippen molar-refractivity contribution in [2.45, 2.75) is 13.8 Å². The maximum Gasteiger partial charge on any atom is 0.255 e. The fraction of sp³-hybridized carbons (Fsp3) is 0.400. The summed E-state index contributed by atoms with van der Waals surface area (Å²) in [5, 5.41) is 8.69. The van der Waals surface area contributed by atoms with Crippen molar-refractivity contribution in [3.05, 3.63) is 24.3 Å². The number of aliphatic hydroxyl groups excluding tert-OH is 1. The molecule has 0 atom stereocenters. The van der Waals surface area contributed by atoms with Crippen molar-refractivity contribution in [2.75, 3.05) is 13.2 Å². The molecule has 0 rings (SSSR count). The lowest BCUT2D eigenvalue weighted by Crippen LogP contribution is -2.39. The zero-order chi connectivity index (χ0) is 11.3. The van der Waals surface area contributed by atoms with E-state index in [9.17, 15) is 9.59 Å². The van der Waals surface area contributed by atoms with Gasteiger partial charge in [0, 0.05) is 11.1 Å². The molecule has 0 radical (unpaired) electrons. The summed E-state index contributed by atoms with van der Waals surface area (Å²) in [4.78, 5) is 23.8. The minimum atomic E-state index is -0.480. The minimum Gasteiger partial charge on any atom is -0.395 e. The lowest BCUT2D eigenvalue weighted by Gasteiger charge is -2.19. The molecule has 4 heteroatoms. The molecular weight excluding hydrogens is 182 g/mol. The van der Waals surface area contributed by atoms with Gasteiger partial charge in [0.05, 0.1) is 13.2 Å². The van der Waals surface area contributed by atoms with Crippen LogP contribution in [0.3, 0.4) is 0 Å². The zero-order valence-corrected chi connectivity index (χ0v) is 8.54. The summed E-state index contributed by atoms with van der Waals surface area (Å²) in [5.41, 5.74) is 0.515. The molecule has 0 aliphatic carbocycles. The third kappa shape index (κ3) is 3.14. The fourth-order valence-corrected chi connectivity index (χ4v) is 0.856. The molecule has 0 saturated heterocycles. The van der Waals surface area contributed by atoms with Gasteiger partial charge in [-0.25, -0.2) is 0 Å². The van der Waals surface area contributed by atoms with Crippen molar-refractivity contribution in [1.82, 2.24) is 4.90 Å². The average molecular weight is 197 g/mol. The molecule has 0 aromatic heterocycles. The van der Waals surface area contributed by atoms with Crippen LogP contribution < -0.4 is 0 Å². The lowest BCUT2D eigenvalue weighted by molar-refractivity contribution is -0.140. The van der Waals surface area contributed by atoms with E-state index in [0.717, 1.165) is 4.90 Å². The van der Waals surface area contributed by atoms with Gasteiger partial charge >= 0.3 is 0 Å². The maximum atomic E-state index is 11.4. The molecule has 0 heterocycles. The second-order valence-corrected chi connectivity index (χ2v) is 3.05. The first-order chi connectivity index (χ1) is 6.41.